The fourth-order valence-corrected chi connectivity index (χ4v) is 7.85. The molecule has 0 radical (unpaired) electrons. The Balaban J connectivity index is 1.74. The van der Waals surface area contributed by atoms with Gasteiger partial charge in [-0.1, -0.05) is 77.2 Å². The minimum atomic E-state index is 0.829. The second-order valence-electron chi connectivity index (χ2n) is 11.6. The average molecular weight is 471 g/mol. The van der Waals surface area contributed by atoms with E-state index in [1.54, 1.807) is 5.57 Å². The molecule has 0 heterocycles. The summed E-state index contributed by atoms with van der Waals surface area (Å²) in [5.74, 6) is 2.54. The van der Waals surface area contributed by atoms with Gasteiger partial charge in [-0.05, 0) is 115 Å². The highest BCUT2D eigenvalue weighted by molar-refractivity contribution is 5.24. The first-order chi connectivity index (χ1) is 16.6. The molecule has 0 aromatic heterocycles. The number of hydrogen-bond donors (Lipinski definition) is 0. The van der Waals surface area contributed by atoms with E-state index >= 15 is 0 Å². The Labute approximate surface area is 213 Å². The lowest BCUT2D eigenvalue weighted by molar-refractivity contribution is 0.139. The van der Waals surface area contributed by atoms with Crippen molar-refractivity contribution in [1.82, 2.24) is 9.80 Å². The van der Waals surface area contributed by atoms with Crippen LogP contribution in [0.1, 0.15) is 125 Å². The van der Waals surface area contributed by atoms with Crippen molar-refractivity contribution >= 4 is 0 Å². The van der Waals surface area contributed by atoms with E-state index < -0.39 is 0 Å². The zero-order chi connectivity index (χ0) is 24.3. The van der Waals surface area contributed by atoms with Crippen LogP contribution >= 0.6 is 0 Å². The van der Waals surface area contributed by atoms with Gasteiger partial charge in [0.25, 0.3) is 0 Å². The summed E-state index contributed by atoms with van der Waals surface area (Å²) in [5, 5.41) is 0. The molecule has 34 heavy (non-hydrogen) atoms. The molecule has 0 spiro atoms. The van der Waals surface area contributed by atoms with Gasteiger partial charge in [0, 0.05) is 12.1 Å². The molecule has 196 valence electrons. The highest BCUT2D eigenvalue weighted by Crippen LogP contribution is 2.42. The van der Waals surface area contributed by atoms with Crippen LogP contribution in [0.2, 0.25) is 0 Å². The van der Waals surface area contributed by atoms with Crippen molar-refractivity contribution in [1.29, 1.82) is 0 Å². The third-order valence-corrected chi connectivity index (χ3v) is 10.0. The van der Waals surface area contributed by atoms with Gasteiger partial charge in [0.05, 0.1) is 0 Å². The van der Waals surface area contributed by atoms with E-state index in [0.29, 0.717) is 0 Å². The van der Waals surface area contributed by atoms with Gasteiger partial charge < -0.3 is 9.80 Å². The Morgan fingerprint density at radius 2 is 0.971 bits per heavy atom. The van der Waals surface area contributed by atoms with Crippen molar-refractivity contribution in [3.63, 3.8) is 0 Å². The minimum Gasteiger partial charge on any atom is -0.301 e. The summed E-state index contributed by atoms with van der Waals surface area (Å²) < 4.78 is 0. The summed E-state index contributed by atoms with van der Waals surface area (Å²) in [7, 11) is 0. The van der Waals surface area contributed by atoms with Gasteiger partial charge in [-0.25, -0.2) is 0 Å². The molecule has 2 heteroatoms. The van der Waals surface area contributed by atoms with E-state index in [1.165, 1.54) is 116 Å². The van der Waals surface area contributed by atoms with Crippen LogP contribution in [-0.2, 0) is 0 Å². The second kappa shape index (κ2) is 14.8. The molecule has 3 saturated carbocycles. The average Bonchev–Trinajstić information content (AvgIpc) is 2.90. The predicted molar refractivity (Wildman–Crippen MR) is 150 cm³/mol. The number of allylic oxidation sites excluding steroid dienone is 4. The van der Waals surface area contributed by atoms with Crippen LogP contribution in [0.15, 0.2) is 23.3 Å². The molecule has 3 rings (SSSR count). The van der Waals surface area contributed by atoms with Crippen LogP contribution in [0, 0.1) is 17.8 Å². The quantitative estimate of drug-likeness (QED) is 0.279. The molecule has 0 bridgehead atoms. The van der Waals surface area contributed by atoms with Crippen LogP contribution in [0.3, 0.4) is 0 Å². The maximum Gasteiger partial charge on any atom is 0.00954 e. The van der Waals surface area contributed by atoms with Crippen molar-refractivity contribution in [2.75, 3.05) is 26.2 Å². The Hall–Kier alpha value is -0.600. The summed E-state index contributed by atoms with van der Waals surface area (Å²) in [6.07, 6.45) is 25.1. The molecule has 0 aromatic rings. The van der Waals surface area contributed by atoms with Crippen molar-refractivity contribution < 1.29 is 0 Å². The fraction of sp³-hybridized carbons (Fsp3) is 0.875. The van der Waals surface area contributed by atoms with E-state index in [4.69, 9.17) is 0 Å². The van der Waals surface area contributed by atoms with Gasteiger partial charge in [0.15, 0.2) is 0 Å². The molecule has 0 saturated heterocycles. The topological polar surface area (TPSA) is 6.48 Å². The van der Waals surface area contributed by atoms with Gasteiger partial charge >= 0.3 is 0 Å². The highest BCUT2D eigenvalue weighted by Gasteiger charge is 2.32. The molecule has 0 amide bonds. The zero-order valence-corrected chi connectivity index (χ0v) is 23.7. The summed E-state index contributed by atoms with van der Waals surface area (Å²) in [4.78, 5) is 5.43. The number of rotatable bonds is 11. The number of nitrogens with zero attached hydrogens (tertiary/aromatic N) is 2. The molecule has 0 aromatic carbocycles. The van der Waals surface area contributed by atoms with Crippen LogP contribution in [0.25, 0.3) is 0 Å². The van der Waals surface area contributed by atoms with Crippen molar-refractivity contribution in [2.45, 2.75) is 137 Å². The molecular weight excluding hydrogens is 412 g/mol. The van der Waals surface area contributed by atoms with Gasteiger partial charge in [-0.15, -0.1) is 0 Å². The van der Waals surface area contributed by atoms with E-state index in [0.717, 1.165) is 29.8 Å². The summed E-state index contributed by atoms with van der Waals surface area (Å²) in [6, 6.07) is 1.66. The molecule has 0 atom stereocenters. The van der Waals surface area contributed by atoms with E-state index in [1.807, 2.05) is 5.57 Å². The Morgan fingerprint density at radius 1 is 0.529 bits per heavy atom. The molecular formula is C32H58N2. The Kier molecular flexibility index (Phi) is 12.2. The molecule has 3 aliphatic carbocycles. The lowest BCUT2D eigenvalue weighted by atomic mass is 9.71. The van der Waals surface area contributed by atoms with Crippen LogP contribution < -0.4 is 0 Å². The molecule has 3 aliphatic rings. The van der Waals surface area contributed by atoms with Gasteiger partial charge in [-0.3, -0.25) is 0 Å². The zero-order valence-electron chi connectivity index (χ0n) is 23.7. The van der Waals surface area contributed by atoms with Gasteiger partial charge in [0.1, 0.15) is 0 Å². The van der Waals surface area contributed by atoms with Gasteiger partial charge in [0.2, 0.25) is 0 Å². The van der Waals surface area contributed by atoms with Crippen molar-refractivity contribution in [3.8, 4) is 0 Å². The molecule has 0 unspecified atom stereocenters. The van der Waals surface area contributed by atoms with Crippen LogP contribution in [-0.4, -0.2) is 48.1 Å². The fourth-order valence-electron chi connectivity index (χ4n) is 7.85. The largest absolute Gasteiger partial charge is 0.301 e. The first kappa shape index (κ1) is 28.0. The monoisotopic (exact) mass is 470 g/mol. The maximum atomic E-state index is 2.72. The molecule has 2 nitrogen and oxygen atoms in total. The Morgan fingerprint density at radius 3 is 1.35 bits per heavy atom. The number of hydrogen-bond acceptors (Lipinski definition) is 2. The van der Waals surface area contributed by atoms with Crippen molar-refractivity contribution in [3.05, 3.63) is 23.3 Å². The maximum absolute atomic E-state index is 2.72. The van der Waals surface area contributed by atoms with Crippen molar-refractivity contribution in [2.24, 2.45) is 17.8 Å². The highest BCUT2D eigenvalue weighted by atomic mass is 15.1. The van der Waals surface area contributed by atoms with E-state index in [2.05, 4.69) is 56.6 Å². The third-order valence-electron chi connectivity index (χ3n) is 10.0. The minimum absolute atomic E-state index is 0.829. The van der Waals surface area contributed by atoms with Crippen LogP contribution in [0.5, 0.6) is 0 Å². The lowest BCUT2D eigenvalue weighted by Gasteiger charge is -2.41. The summed E-state index contributed by atoms with van der Waals surface area (Å²) >= 11 is 0. The summed E-state index contributed by atoms with van der Waals surface area (Å²) in [6.45, 7) is 16.6. The molecule has 0 aliphatic heterocycles. The summed E-state index contributed by atoms with van der Waals surface area (Å²) in [5.41, 5.74) is 3.61. The molecule has 3 fully saturated rings. The third kappa shape index (κ3) is 7.45. The van der Waals surface area contributed by atoms with E-state index in [-0.39, 0.29) is 0 Å². The standard InChI is InChI=1S/C32H58N2/c1-6-26(27-14-12-11-13-15-27)20-25-32(28-16-21-30(22-17-28)33(7-2)8-3)29-18-23-31(24-19-29)34(9-4)10-5/h20,25,27-31H,6-19,21-24H2,1-5H3/b26-20+,32-25?. The second-order valence-corrected chi connectivity index (χ2v) is 11.6. The lowest BCUT2D eigenvalue weighted by Crippen LogP contribution is -2.39. The molecule has 0 N–H and O–H groups in total. The van der Waals surface area contributed by atoms with Gasteiger partial charge in [-0.2, -0.15) is 0 Å². The first-order valence-corrected chi connectivity index (χ1v) is 15.5. The normalized spacial score (nSPS) is 29.6. The SMILES string of the molecule is CC/C(=C\C=C(C1CCC(N(CC)CC)CC1)C1CCC(N(CC)CC)CC1)C1CCCCC1. The predicted octanol–water partition coefficient (Wildman–Crippen LogP) is 8.63. The van der Waals surface area contributed by atoms with Crippen LogP contribution in [0.4, 0.5) is 0 Å². The van der Waals surface area contributed by atoms with E-state index in [9.17, 15) is 0 Å². The first-order valence-electron chi connectivity index (χ1n) is 15.5. The Bertz CT molecular complexity index is 571. The smallest absolute Gasteiger partial charge is 0.00954 e.